The van der Waals surface area contributed by atoms with Gasteiger partial charge in [-0.2, -0.15) is 4.31 Å². The van der Waals surface area contributed by atoms with E-state index < -0.39 is 27.0 Å². The molecular formula is C17H19F3N4O5S2. The molecule has 1 fully saturated rings. The number of hydrogen-bond acceptors (Lipinski definition) is 7. The molecule has 170 valence electrons. The van der Waals surface area contributed by atoms with Crippen molar-refractivity contribution in [3.05, 3.63) is 39.6 Å². The van der Waals surface area contributed by atoms with Gasteiger partial charge in [-0.15, -0.1) is 13.2 Å². The van der Waals surface area contributed by atoms with Crippen molar-refractivity contribution >= 4 is 33.0 Å². The van der Waals surface area contributed by atoms with E-state index >= 15 is 0 Å². The summed E-state index contributed by atoms with van der Waals surface area (Å²) < 4.78 is 67.0. The third-order valence-corrected chi connectivity index (χ3v) is 7.91. The van der Waals surface area contributed by atoms with Gasteiger partial charge in [0.05, 0.1) is 6.54 Å². The molecule has 0 aliphatic carbocycles. The number of carbonyl (C=O) groups is 1. The van der Waals surface area contributed by atoms with Gasteiger partial charge < -0.3 is 15.0 Å². The van der Waals surface area contributed by atoms with Gasteiger partial charge in [0.25, 0.3) is 10.0 Å². The lowest BCUT2D eigenvalue weighted by atomic mass is 10.3. The standard InChI is InChI=1S/C17H19F3N4O5S2/c1-11-15(30-16(26)21-11)31(27,28)24-8-6-23(7-9-24)10-14(25)22-12-2-4-13(5-3-12)29-17(18,19)20/h2-5H,6-10H2,1H3,(H,21,26)(H,22,25). The van der Waals surface area contributed by atoms with Gasteiger partial charge in [0.2, 0.25) is 5.91 Å². The van der Waals surface area contributed by atoms with Crippen LogP contribution in [-0.4, -0.2) is 67.6 Å². The molecule has 2 N–H and O–H groups in total. The van der Waals surface area contributed by atoms with Gasteiger partial charge in [-0.25, -0.2) is 8.42 Å². The maximum atomic E-state index is 12.7. The first kappa shape index (κ1) is 23.2. The van der Waals surface area contributed by atoms with Crippen LogP contribution in [0.2, 0.25) is 0 Å². The van der Waals surface area contributed by atoms with Gasteiger partial charge in [0.1, 0.15) is 5.75 Å². The number of aryl methyl sites for hydroxylation is 1. The van der Waals surface area contributed by atoms with Crippen LogP contribution in [0.15, 0.2) is 33.3 Å². The molecule has 0 bridgehead atoms. The molecule has 2 heterocycles. The number of halogens is 3. The van der Waals surface area contributed by atoms with Crippen LogP contribution in [0.4, 0.5) is 18.9 Å². The number of hydrogen-bond donors (Lipinski definition) is 2. The number of H-pyrrole nitrogens is 1. The van der Waals surface area contributed by atoms with E-state index in [2.05, 4.69) is 15.0 Å². The second-order valence-corrected chi connectivity index (χ2v) is 9.84. The molecule has 14 heteroatoms. The molecule has 0 radical (unpaired) electrons. The molecule has 0 spiro atoms. The monoisotopic (exact) mass is 480 g/mol. The van der Waals surface area contributed by atoms with E-state index in [-0.39, 0.29) is 29.8 Å². The highest BCUT2D eigenvalue weighted by molar-refractivity contribution is 7.91. The third kappa shape index (κ3) is 6.06. The zero-order valence-electron chi connectivity index (χ0n) is 16.2. The molecule has 2 aromatic rings. The largest absolute Gasteiger partial charge is 0.573 e. The van der Waals surface area contributed by atoms with Crippen molar-refractivity contribution in [2.45, 2.75) is 17.5 Å². The number of aromatic nitrogens is 1. The lowest BCUT2D eigenvalue weighted by Gasteiger charge is -2.33. The van der Waals surface area contributed by atoms with Crippen LogP contribution in [0.1, 0.15) is 5.69 Å². The number of ether oxygens (including phenoxy) is 1. The van der Waals surface area contributed by atoms with Gasteiger partial charge in [0, 0.05) is 37.6 Å². The molecule has 9 nitrogen and oxygen atoms in total. The summed E-state index contributed by atoms with van der Waals surface area (Å²) in [7, 11) is -3.79. The molecule has 31 heavy (non-hydrogen) atoms. The van der Waals surface area contributed by atoms with E-state index in [0.29, 0.717) is 35.8 Å². The third-order valence-electron chi connectivity index (χ3n) is 4.43. The van der Waals surface area contributed by atoms with Crippen molar-refractivity contribution < 1.29 is 31.1 Å². The van der Waals surface area contributed by atoms with Crippen molar-refractivity contribution in [1.29, 1.82) is 0 Å². The fraction of sp³-hybridized carbons (Fsp3) is 0.412. The molecule has 0 atom stereocenters. The van der Waals surface area contributed by atoms with Gasteiger partial charge in [-0.05, 0) is 31.2 Å². The van der Waals surface area contributed by atoms with Crippen LogP contribution in [0.3, 0.4) is 0 Å². The highest BCUT2D eigenvalue weighted by Crippen LogP contribution is 2.24. The van der Waals surface area contributed by atoms with Crippen LogP contribution in [0.25, 0.3) is 0 Å². The van der Waals surface area contributed by atoms with Crippen molar-refractivity contribution in [3.8, 4) is 5.75 Å². The Labute approximate surface area is 179 Å². The fourth-order valence-corrected chi connectivity index (χ4v) is 5.88. The van der Waals surface area contributed by atoms with Crippen molar-refractivity contribution in [3.63, 3.8) is 0 Å². The van der Waals surface area contributed by atoms with Crippen LogP contribution in [-0.2, 0) is 14.8 Å². The van der Waals surface area contributed by atoms with Crippen LogP contribution < -0.4 is 14.9 Å². The number of sulfonamides is 1. The van der Waals surface area contributed by atoms with Crippen molar-refractivity contribution in [2.75, 3.05) is 38.0 Å². The first-order chi connectivity index (χ1) is 14.4. The fourth-order valence-electron chi connectivity index (χ4n) is 3.03. The maximum absolute atomic E-state index is 12.7. The first-order valence-electron chi connectivity index (χ1n) is 9.02. The summed E-state index contributed by atoms with van der Waals surface area (Å²) in [4.78, 5) is 27.4. The van der Waals surface area contributed by atoms with E-state index in [1.165, 1.54) is 23.4 Å². The number of benzene rings is 1. The molecule has 0 unspecified atom stereocenters. The summed E-state index contributed by atoms with van der Waals surface area (Å²) in [6.07, 6.45) is -4.79. The molecule has 3 rings (SSSR count). The molecule has 1 saturated heterocycles. The zero-order valence-corrected chi connectivity index (χ0v) is 17.9. The Morgan fingerprint density at radius 1 is 1.19 bits per heavy atom. The number of anilines is 1. The van der Waals surface area contributed by atoms with Crippen molar-refractivity contribution in [2.24, 2.45) is 0 Å². The van der Waals surface area contributed by atoms with Gasteiger partial charge in [-0.3, -0.25) is 14.5 Å². The Kier molecular flexibility index (Phi) is 6.73. The summed E-state index contributed by atoms with van der Waals surface area (Å²) in [6, 6.07) is 4.75. The molecule has 1 aliphatic heterocycles. The number of nitrogens with zero attached hydrogens (tertiary/aromatic N) is 2. The van der Waals surface area contributed by atoms with Crippen LogP contribution >= 0.6 is 11.3 Å². The molecule has 1 amide bonds. The lowest BCUT2D eigenvalue weighted by molar-refractivity contribution is -0.274. The Hall–Kier alpha value is -2.42. The molecule has 1 aromatic carbocycles. The second kappa shape index (κ2) is 8.98. The maximum Gasteiger partial charge on any atom is 0.573 e. The quantitative estimate of drug-likeness (QED) is 0.650. The Bertz CT molecular complexity index is 1090. The van der Waals surface area contributed by atoms with Gasteiger partial charge in [-0.1, -0.05) is 11.3 Å². The van der Waals surface area contributed by atoms with E-state index in [0.717, 1.165) is 12.1 Å². The number of aromatic amines is 1. The Balaban J connectivity index is 1.51. The zero-order chi connectivity index (χ0) is 22.8. The summed E-state index contributed by atoms with van der Waals surface area (Å²) in [5.41, 5.74) is 0.599. The SMILES string of the molecule is Cc1[nH]c(=O)sc1S(=O)(=O)N1CCN(CC(=O)Nc2ccc(OC(F)(F)F)cc2)CC1. The average molecular weight is 480 g/mol. The van der Waals surface area contributed by atoms with Crippen molar-refractivity contribution in [1.82, 2.24) is 14.2 Å². The Morgan fingerprint density at radius 3 is 2.32 bits per heavy atom. The number of alkyl halides is 3. The highest BCUT2D eigenvalue weighted by atomic mass is 32.2. The lowest BCUT2D eigenvalue weighted by Crippen LogP contribution is -2.50. The minimum absolute atomic E-state index is 0.00872. The molecule has 1 aliphatic rings. The summed E-state index contributed by atoms with van der Waals surface area (Å²) in [5.74, 6) is -0.786. The van der Waals surface area contributed by atoms with Gasteiger partial charge in [0.15, 0.2) is 4.21 Å². The van der Waals surface area contributed by atoms with E-state index in [4.69, 9.17) is 0 Å². The predicted molar refractivity (Wildman–Crippen MR) is 107 cm³/mol. The van der Waals surface area contributed by atoms with E-state index in [1.807, 2.05) is 0 Å². The topological polar surface area (TPSA) is 112 Å². The average Bonchev–Trinajstić information content (AvgIpc) is 3.01. The predicted octanol–water partition coefficient (Wildman–Crippen LogP) is 1.59. The van der Waals surface area contributed by atoms with E-state index in [1.54, 1.807) is 4.90 Å². The minimum atomic E-state index is -4.79. The summed E-state index contributed by atoms with van der Waals surface area (Å²) >= 11 is 0.642. The summed E-state index contributed by atoms with van der Waals surface area (Å²) in [6.45, 7) is 2.44. The molecular weight excluding hydrogens is 461 g/mol. The first-order valence-corrected chi connectivity index (χ1v) is 11.3. The summed E-state index contributed by atoms with van der Waals surface area (Å²) in [5, 5.41) is 2.57. The number of amides is 1. The minimum Gasteiger partial charge on any atom is -0.406 e. The Morgan fingerprint density at radius 2 is 1.81 bits per heavy atom. The smallest absolute Gasteiger partial charge is 0.406 e. The van der Waals surface area contributed by atoms with Crippen LogP contribution in [0.5, 0.6) is 5.75 Å². The van der Waals surface area contributed by atoms with E-state index in [9.17, 15) is 31.2 Å². The normalized spacial score (nSPS) is 16.3. The van der Waals surface area contributed by atoms with Gasteiger partial charge >= 0.3 is 11.2 Å². The van der Waals surface area contributed by atoms with Crippen LogP contribution in [0, 0.1) is 6.92 Å². The number of piperazine rings is 1. The highest BCUT2D eigenvalue weighted by Gasteiger charge is 2.32. The second-order valence-electron chi connectivity index (χ2n) is 6.73. The number of carbonyl (C=O) groups excluding carboxylic acids is 1. The molecule has 0 saturated carbocycles. The number of nitrogens with one attached hydrogen (secondary N) is 2. The number of rotatable bonds is 6. The number of thiazole rings is 1. The molecule has 1 aromatic heterocycles.